The van der Waals surface area contributed by atoms with E-state index in [9.17, 15) is 23.6 Å². The van der Waals surface area contributed by atoms with E-state index in [1.165, 1.54) is 12.1 Å². The number of nitrogens with one attached hydrogen (secondary N) is 3. The lowest BCUT2D eigenvalue weighted by Crippen LogP contribution is -2.54. The van der Waals surface area contributed by atoms with Gasteiger partial charge in [-0.15, -0.1) is 0 Å². The van der Waals surface area contributed by atoms with E-state index >= 15 is 0 Å². The predicted octanol–water partition coefficient (Wildman–Crippen LogP) is 5.50. The van der Waals surface area contributed by atoms with Gasteiger partial charge in [-0.1, -0.05) is 24.3 Å². The second kappa shape index (κ2) is 13.3. The number of para-hydroxylation sites is 1. The standard InChI is InChI=1S/C33H34F2N4O4/c1-21-16-24(28-4-2-3-5-30(28)37-21)20-43-27-10-7-22(8-11-27)32(41)38-33(18-31(40)39-42)14-12-26(13-15-33)36-19-23-6-9-25(34)17-29(23)35/h2-11,16-17,26,36,42H,12-15,18-20H2,1H3,(H,38,41)(H,39,40). The van der Waals surface area contributed by atoms with Crippen LogP contribution in [0.15, 0.2) is 72.8 Å². The largest absolute Gasteiger partial charge is 0.489 e. The molecule has 5 rings (SSSR count). The highest BCUT2D eigenvalue weighted by atomic mass is 19.1. The Hall–Kier alpha value is -4.41. The molecule has 4 aromatic rings. The Morgan fingerprint density at radius 2 is 1.74 bits per heavy atom. The van der Waals surface area contributed by atoms with E-state index in [0.717, 1.165) is 28.2 Å². The molecule has 0 atom stereocenters. The fraction of sp³-hybridized carbons (Fsp3) is 0.303. The molecular weight excluding hydrogens is 554 g/mol. The van der Waals surface area contributed by atoms with Crippen molar-refractivity contribution in [3.05, 3.63) is 107 Å². The molecule has 1 fully saturated rings. The summed E-state index contributed by atoms with van der Waals surface area (Å²) in [5.74, 6) is -1.57. The molecule has 3 aromatic carbocycles. The lowest BCUT2D eigenvalue weighted by molar-refractivity contribution is -0.131. The summed E-state index contributed by atoms with van der Waals surface area (Å²) in [7, 11) is 0. The number of halogens is 2. The molecule has 4 N–H and O–H groups in total. The topological polar surface area (TPSA) is 113 Å². The van der Waals surface area contributed by atoms with Crippen LogP contribution in [-0.2, 0) is 17.9 Å². The lowest BCUT2D eigenvalue weighted by Gasteiger charge is -2.40. The molecule has 8 nitrogen and oxygen atoms in total. The van der Waals surface area contributed by atoms with Gasteiger partial charge in [-0.05, 0) is 75.1 Å². The van der Waals surface area contributed by atoms with E-state index < -0.39 is 23.1 Å². The number of pyridine rings is 1. The van der Waals surface area contributed by atoms with Gasteiger partial charge in [0.25, 0.3) is 5.91 Å². The molecule has 0 spiro atoms. The number of aryl methyl sites for hydroxylation is 1. The Morgan fingerprint density at radius 3 is 2.47 bits per heavy atom. The van der Waals surface area contributed by atoms with Crippen LogP contribution in [0, 0.1) is 18.6 Å². The zero-order valence-electron chi connectivity index (χ0n) is 23.8. The summed E-state index contributed by atoms with van der Waals surface area (Å²) in [6.07, 6.45) is 2.07. The van der Waals surface area contributed by atoms with Gasteiger partial charge in [-0.25, -0.2) is 14.3 Å². The number of amides is 2. The minimum atomic E-state index is -0.862. The summed E-state index contributed by atoms with van der Waals surface area (Å²) in [6.45, 7) is 2.52. The number of nitrogens with zero attached hydrogens (tertiary/aromatic N) is 1. The van der Waals surface area contributed by atoms with Crippen molar-refractivity contribution in [2.75, 3.05) is 0 Å². The number of aromatic nitrogens is 1. The molecule has 43 heavy (non-hydrogen) atoms. The number of fused-ring (bicyclic) bond motifs is 1. The fourth-order valence-electron chi connectivity index (χ4n) is 5.68. The number of hydrogen-bond acceptors (Lipinski definition) is 6. The van der Waals surface area contributed by atoms with Crippen LogP contribution in [0.25, 0.3) is 10.9 Å². The highest BCUT2D eigenvalue weighted by Gasteiger charge is 2.38. The van der Waals surface area contributed by atoms with Gasteiger partial charge in [0.15, 0.2) is 0 Å². The molecular formula is C33H34F2N4O4. The zero-order valence-corrected chi connectivity index (χ0v) is 23.8. The van der Waals surface area contributed by atoms with Crippen molar-refractivity contribution in [2.24, 2.45) is 0 Å². The average Bonchev–Trinajstić information content (AvgIpc) is 3.00. The maximum absolute atomic E-state index is 14.0. The molecule has 1 aromatic heterocycles. The van der Waals surface area contributed by atoms with Gasteiger partial charge >= 0.3 is 0 Å². The summed E-state index contributed by atoms with van der Waals surface area (Å²) in [5, 5.41) is 16.5. The summed E-state index contributed by atoms with van der Waals surface area (Å²) in [5.41, 5.74) is 4.41. The third-order valence-corrected chi connectivity index (χ3v) is 7.98. The summed E-state index contributed by atoms with van der Waals surface area (Å²) >= 11 is 0. The minimum absolute atomic E-state index is 0.0180. The van der Waals surface area contributed by atoms with Crippen LogP contribution in [-0.4, -0.2) is 33.6 Å². The van der Waals surface area contributed by atoms with Crippen molar-refractivity contribution < 1.29 is 28.3 Å². The van der Waals surface area contributed by atoms with Gasteiger partial charge in [-0.3, -0.25) is 19.8 Å². The minimum Gasteiger partial charge on any atom is -0.489 e. The van der Waals surface area contributed by atoms with Crippen LogP contribution in [0.4, 0.5) is 8.78 Å². The van der Waals surface area contributed by atoms with Crippen LogP contribution in [0.1, 0.15) is 59.3 Å². The van der Waals surface area contributed by atoms with Gasteiger partial charge < -0.3 is 15.4 Å². The van der Waals surface area contributed by atoms with E-state index in [4.69, 9.17) is 4.74 Å². The molecule has 0 bridgehead atoms. The number of hydrogen-bond donors (Lipinski definition) is 4. The lowest BCUT2D eigenvalue weighted by atomic mass is 9.76. The molecule has 224 valence electrons. The summed E-state index contributed by atoms with van der Waals surface area (Å²) < 4.78 is 33.3. The molecule has 1 aliphatic carbocycles. The van der Waals surface area contributed by atoms with Crippen LogP contribution in [0.3, 0.4) is 0 Å². The smallest absolute Gasteiger partial charge is 0.251 e. The second-order valence-corrected chi connectivity index (χ2v) is 11.1. The first-order valence-corrected chi connectivity index (χ1v) is 14.2. The quantitative estimate of drug-likeness (QED) is 0.144. The van der Waals surface area contributed by atoms with Crippen LogP contribution in [0.2, 0.25) is 0 Å². The van der Waals surface area contributed by atoms with E-state index in [2.05, 4.69) is 15.6 Å². The molecule has 0 aliphatic heterocycles. The Labute approximate surface area is 248 Å². The van der Waals surface area contributed by atoms with Gasteiger partial charge in [0.2, 0.25) is 5.91 Å². The van der Waals surface area contributed by atoms with Crippen LogP contribution < -0.4 is 20.9 Å². The molecule has 1 saturated carbocycles. The SMILES string of the molecule is Cc1cc(COc2ccc(C(=O)NC3(CC(=O)NO)CCC(NCc4ccc(F)cc4F)CC3)cc2)c2ccccc2n1. The Morgan fingerprint density at radius 1 is 1.00 bits per heavy atom. The zero-order chi connectivity index (χ0) is 30.4. The number of ether oxygens (including phenoxy) is 1. The molecule has 0 radical (unpaired) electrons. The van der Waals surface area contributed by atoms with E-state index in [1.54, 1.807) is 29.7 Å². The van der Waals surface area contributed by atoms with Crippen molar-refractivity contribution in [2.45, 2.75) is 63.8 Å². The Bertz CT molecular complexity index is 1600. The van der Waals surface area contributed by atoms with Gasteiger partial charge in [-0.2, -0.15) is 0 Å². The number of carbonyl (C=O) groups excluding carboxylic acids is 2. The highest BCUT2D eigenvalue weighted by molar-refractivity contribution is 5.95. The van der Waals surface area contributed by atoms with Crippen LogP contribution >= 0.6 is 0 Å². The van der Waals surface area contributed by atoms with Crippen molar-refractivity contribution >= 4 is 22.7 Å². The second-order valence-electron chi connectivity index (χ2n) is 11.1. The normalized spacial score (nSPS) is 18.3. The third kappa shape index (κ3) is 7.52. The molecule has 1 aliphatic rings. The number of carbonyl (C=O) groups is 2. The summed E-state index contributed by atoms with van der Waals surface area (Å²) in [6, 6.07) is 20.2. The third-order valence-electron chi connectivity index (χ3n) is 7.98. The van der Waals surface area contributed by atoms with E-state index in [1.807, 2.05) is 37.3 Å². The highest BCUT2D eigenvalue weighted by Crippen LogP contribution is 2.32. The first kappa shape index (κ1) is 30.1. The maximum atomic E-state index is 14.0. The maximum Gasteiger partial charge on any atom is 0.251 e. The molecule has 0 saturated heterocycles. The van der Waals surface area contributed by atoms with Gasteiger partial charge in [0, 0.05) is 52.0 Å². The van der Waals surface area contributed by atoms with Crippen molar-refractivity contribution in [3.8, 4) is 5.75 Å². The van der Waals surface area contributed by atoms with Gasteiger partial charge in [0.05, 0.1) is 11.9 Å². The number of rotatable bonds is 10. The first-order chi connectivity index (χ1) is 20.7. The monoisotopic (exact) mass is 588 g/mol. The molecule has 1 heterocycles. The van der Waals surface area contributed by atoms with Crippen molar-refractivity contribution in [1.82, 2.24) is 21.1 Å². The molecule has 2 amide bonds. The van der Waals surface area contributed by atoms with Gasteiger partial charge in [0.1, 0.15) is 24.0 Å². The first-order valence-electron chi connectivity index (χ1n) is 14.2. The molecule has 0 unspecified atom stereocenters. The summed E-state index contributed by atoms with van der Waals surface area (Å²) in [4.78, 5) is 30.0. The number of benzene rings is 3. The fourth-order valence-corrected chi connectivity index (χ4v) is 5.68. The van der Waals surface area contributed by atoms with E-state index in [-0.39, 0.29) is 24.9 Å². The Balaban J connectivity index is 1.20. The molecule has 10 heteroatoms. The predicted molar refractivity (Wildman–Crippen MR) is 157 cm³/mol. The number of hydroxylamine groups is 1. The Kier molecular flexibility index (Phi) is 9.27. The van der Waals surface area contributed by atoms with Crippen molar-refractivity contribution in [3.63, 3.8) is 0 Å². The average molecular weight is 589 g/mol. The van der Waals surface area contributed by atoms with E-state index in [0.29, 0.717) is 49.2 Å². The van der Waals surface area contributed by atoms with Crippen molar-refractivity contribution in [1.29, 1.82) is 0 Å². The van der Waals surface area contributed by atoms with Crippen LogP contribution in [0.5, 0.6) is 5.75 Å².